The first kappa shape index (κ1) is 28.0. The SMILES string of the molecule is Cc1ccc(-c2cc3c(s2)-c2ccc(-c4c5ccccc5c(-c5ccc(-c6ccccc6)cc5)c5ccccc45)cc2C3(C)C)cc1. The second kappa shape index (κ2) is 10.7. The zero-order valence-electron chi connectivity index (χ0n) is 26.8. The second-order valence-electron chi connectivity index (χ2n) is 13.4. The summed E-state index contributed by atoms with van der Waals surface area (Å²) in [5.41, 5.74) is 14.4. The van der Waals surface area contributed by atoms with Gasteiger partial charge in [-0.25, -0.2) is 0 Å². The topological polar surface area (TPSA) is 0 Å². The summed E-state index contributed by atoms with van der Waals surface area (Å²) in [5, 5.41) is 5.16. The summed E-state index contributed by atoms with van der Waals surface area (Å²) in [6.45, 7) is 6.94. The lowest BCUT2D eigenvalue weighted by atomic mass is 9.80. The number of fused-ring (bicyclic) bond motifs is 5. The lowest BCUT2D eigenvalue weighted by Gasteiger charge is -2.23. The van der Waals surface area contributed by atoms with E-state index in [1.165, 1.54) is 92.5 Å². The summed E-state index contributed by atoms with van der Waals surface area (Å²) in [4.78, 5) is 2.76. The smallest absolute Gasteiger partial charge is 0.0393 e. The van der Waals surface area contributed by atoms with Crippen LogP contribution in [0.15, 0.2) is 152 Å². The molecule has 8 aromatic rings. The molecule has 7 aromatic carbocycles. The highest BCUT2D eigenvalue weighted by molar-refractivity contribution is 7.19. The molecule has 0 saturated carbocycles. The summed E-state index contributed by atoms with van der Waals surface area (Å²) >= 11 is 1.93. The van der Waals surface area contributed by atoms with E-state index in [1.807, 2.05) is 11.3 Å². The van der Waals surface area contributed by atoms with Crippen LogP contribution in [0.4, 0.5) is 0 Å². The molecule has 0 spiro atoms. The van der Waals surface area contributed by atoms with Gasteiger partial charge in [-0.15, -0.1) is 11.3 Å². The van der Waals surface area contributed by atoms with E-state index in [9.17, 15) is 0 Å². The van der Waals surface area contributed by atoms with Crippen molar-refractivity contribution in [1.29, 1.82) is 0 Å². The van der Waals surface area contributed by atoms with Crippen molar-refractivity contribution in [2.45, 2.75) is 26.2 Å². The Balaban J connectivity index is 1.21. The summed E-state index contributed by atoms with van der Waals surface area (Å²) in [6.07, 6.45) is 0. The van der Waals surface area contributed by atoms with Gasteiger partial charge in [0.15, 0.2) is 0 Å². The Morgan fingerprint density at radius 2 is 0.915 bits per heavy atom. The van der Waals surface area contributed by atoms with Crippen LogP contribution in [0, 0.1) is 6.92 Å². The van der Waals surface area contributed by atoms with Crippen molar-refractivity contribution in [3.05, 3.63) is 168 Å². The molecule has 1 heterocycles. The number of rotatable bonds is 4. The number of hydrogen-bond donors (Lipinski definition) is 0. The van der Waals surface area contributed by atoms with Crippen molar-refractivity contribution in [1.82, 2.24) is 0 Å². The van der Waals surface area contributed by atoms with Crippen LogP contribution in [-0.4, -0.2) is 0 Å². The molecule has 0 bridgehead atoms. The fourth-order valence-electron chi connectivity index (χ4n) is 7.69. The first-order valence-electron chi connectivity index (χ1n) is 16.4. The van der Waals surface area contributed by atoms with Gasteiger partial charge in [-0.05, 0) is 96.2 Å². The largest absolute Gasteiger partial charge is 0.135 e. The quantitative estimate of drug-likeness (QED) is 0.172. The van der Waals surface area contributed by atoms with Gasteiger partial charge in [-0.3, -0.25) is 0 Å². The van der Waals surface area contributed by atoms with E-state index in [4.69, 9.17) is 0 Å². The van der Waals surface area contributed by atoms with E-state index in [0.717, 1.165) is 0 Å². The first-order valence-corrected chi connectivity index (χ1v) is 17.2. The number of benzene rings is 7. The average molecular weight is 619 g/mol. The minimum atomic E-state index is -0.0772. The molecule has 0 N–H and O–H groups in total. The monoisotopic (exact) mass is 618 g/mol. The molecular weight excluding hydrogens is 585 g/mol. The van der Waals surface area contributed by atoms with E-state index in [2.05, 4.69) is 172 Å². The molecule has 224 valence electrons. The summed E-state index contributed by atoms with van der Waals surface area (Å²) in [5.74, 6) is 0. The van der Waals surface area contributed by atoms with Crippen LogP contribution in [-0.2, 0) is 5.41 Å². The van der Waals surface area contributed by atoms with Gasteiger partial charge < -0.3 is 0 Å². The van der Waals surface area contributed by atoms with Crippen LogP contribution >= 0.6 is 11.3 Å². The van der Waals surface area contributed by atoms with E-state index in [0.29, 0.717) is 0 Å². The lowest BCUT2D eigenvalue weighted by Crippen LogP contribution is -2.14. The zero-order chi connectivity index (χ0) is 31.7. The maximum absolute atomic E-state index is 2.48. The van der Waals surface area contributed by atoms with E-state index in [1.54, 1.807) is 0 Å². The molecule has 0 fully saturated rings. The van der Waals surface area contributed by atoms with Crippen LogP contribution < -0.4 is 0 Å². The molecule has 47 heavy (non-hydrogen) atoms. The van der Waals surface area contributed by atoms with Crippen molar-refractivity contribution in [2.75, 3.05) is 0 Å². The van der Waals surface area contributed by atoms with Gasteiger partial charge >= 0.3 is 0 Å². The van der Waals surface area contributed by atoms with Gasteiger partial charge in [-0.2, -0.15) is 0 Å². The highest BCUT2D eigenvalue weighted by atomic mass is 32.1. The third kappa shape index (κ3) is 4.42. The minimum Gasteiger partial charge on any atom is -0.135 e. The Kier molecular flexibility index (Phi) is 6.35. The van der Waals surface area contributed by atoms with Crippen LogP contribution in [0.1, 0.15) is 30.5 Å². The van der Waals surface area contributed by atoms with E-state index >= 15 is 0 Å². The van der Waals surface area contributed by atoms with Crippen molar-refractivity contribution in [2.24, 2.45) is 0 Å². The molecule has 1 aliphatic rings. The fourth-order valence-corrected chi connectivity index (χ4v) is 9.05. The van der Waals surface area contributed by atoms with Gasteiger partial charge in [0, 0.05) is 15.2 Å². The number of hydrogen-bond acceptors (Lipinski definition) is 1. The van der Waals surface area contributed by atoms with Crippen LogP contribution in [0.5, 0.6) is 0 Å². The summed E-state index contributed by atoms with van der Waals surface area (Å²) < 4.78 is 0. The molecule has 1 aromatic heterocycles. The Morgan fingerprint density at radius 1 is 0.426 bits per heavy atom. The standard InChI is InChI=1S/C46H34S/c1-29-17-19-32(20-18-29)42-28-41-45(47-42)39-26-25-34(27-40(39)46(41,2)3)44-37-15-9-7-13-35(37)43(36-14-8-10-16-38(36)44)33-23-21-31(22-24-33)30-11-5-4-6-12-30/h4-28H,1-3H3. The molecule has 0 saturated heterocycles. The second-order valence-corrected chi connectivity index (χ2v) is 14.4. The lowest BCUT2D eigenvalue weighted by molar-refractivity contribution is 0.662. The van der Waals surface area contributed by atoms with E-state index < -0.39 is 0 Å². The molecular formula is C46H34S. The van der Waals surface area contributed by atoms with Gasteiger partial charge in [0.2, 0.25) is 0 Å². The van der Waals surface area contributed by atoms with E-state index in [-0.39, 0.29) is 5.41 Å². The predicted octanol–water partition coefficient (Wildman–Crippen LogP) is 13.3. The fraction of sp³-hybridized carbons (Fsp3) is 0.0870. The molecule has 0 radical (unpaired) electrons. The third-order valence-corrected chi connectivity index (χ3v) is 11.4. The molecule has 0 amide bonds. The molecule has 0 unspecified atom stereocenters. The Bertz CT molecular complexity index is 2400. The van der Waals surface area contributed by atoms with Gasteiger partial charge in [0.25, 0.3) is 0 Å². The first-order chi connectivity index (χ1) is 23.0. The normalized spacial score (nSPS) is 13.2. The Hall–Kier alpha value is -5.24. The Morgan fingerprint density at radius 3 is 1.53 bits per heavy atom. The third-order valence-electron chi connectivity index (χ3n) is 10.2. The molecule has 0 aliphatic heterocycles. The highest BCUT2D eigenvalue weighted by Crippen LogP contribution is 2.55. The van der Waals surface area contributed by atoms with Crippen molar-refractivity contribution in [3.8, 4) is 54.3 Å². The van der Waals surface area contributed by atoms with Crippen LogP contribution in [0.2, 0.25) is 0 Å². The van der Waals surface area contributed by atoms with Gasteiger partial charge in [-0.1, -0.05) is 159 Å². The van der Waals surface area contributed by atoms with Crippen LogP contribution in [0.3, 0.4) is 0 Å². The minimum absolute atomic E-state index is 0.0772. The summed E-state index contributed by atoms with van der Waals surface area (Å²) in [7, 11) is 0. The number of aryl methyl sites for hydroxylation is 1. The maximum atomic E-state index is 2.48. The molecule has 9 rings (SSSR count). The van der Waals surface area contributed by atoms with Crippen molar-refractivity contribution in [3.63, 3.8) is 0 Å². The summed E-state index contributed by atoms with van der Waals surface area (Å²) in [6, 6.07) is 56.3. The number of thiophene rings is 1. The van der Waals surface area contributed by atoms with Crippen molar-refractivity contribution < 1.29 is 0 Å². The average Bonchev–Trinajstić information content (AvgIpc) is 3.65. The molecule has 1 heteroatoms. The zero-order valence-corrected chi connectivity index (χ0v) is 27.7. The molecule has 0 atom stereocenters. The highest BCUT2D eigenvalue weighted by Gasteiger charge is 2.38. The molecule has 0 nitrogen and oxygen atoms in total. The van der Waals surface area contributed by atoms with Gasteiger partial charge in [0.1, 0.15) is 0 Å². The van der Waals surface area contributed by atoms with Crippen LogP contribution in [0.25, 0.3) is 75.8 Å². The Labute approximate surface area is 280 Å². The maximum Gasteiger partial charge on any atom is 0.0393 e. The van der Waals surface area contributed by atoms with Gasteiger partial charge in [0.05, 0.1) is 0 Å². The predicted molar refractivity (Wildman–Crippen MR) is 203 cm³/mol. The molecule has 1 aliphatic carbocycles. The van der Waals surface area contributed by atoms with Crippen molar-refractivity contribution >= 4 is 32.9 Å².